The molecule has 1 N–H and O–H groups in total. The molecule has 0 spiro atoms. The third-order valence-corrected chi connectivity index (χ3v) is 2.13. The van der Waals surface area contributed by atoms with Gasteiger partial charge in [0.2, 0.25) is 0 Å². The number of nitrogens with one attached hydrogen (secondary N) is 1. The van der Waals surface area contributed by atoms with Crippen LogP contribution in [0, 0.1) is 0 Å². The van der Waals surface area contributed by atoms with Gasteiger partial charge in [0.1, 0.15) is 5.15 Å². The molecule has 0 aromatic carbocycles. The Morgan fingerprint density at radius 1 is 1.55 bits per heavy atom. The van der Waals surface area contributed by atoms with Crippen molar-refractivity contribution >= 4 is 11.6 Å². The summed E-state index contributed by atoms with van der Waals surface area (Å²) < 4.78 is 0. The zero-order valence-corrected chi connectivity index (χ0v) is 6.80. The highest BCUT2D eigenvalue weighted by Gasteiger charge is 2.19. The summed E-state index contributed by atoms with van der Waals surface area (Å²) in [5.74, 6) is 0. The summed E-state index contributed by atoms with van der Waals surface area (Å²) in [5.41, 5.74) is 1.06. The Morgan fingerprint density at radius 2 is 2.36 bits per heavy atom. The minimum atomic E-state index is 0.439. The van der Waals surface area contributed by atoms with Crippen molar-refractivity contribution in [2.24, 2.45) is 0 Å². The van der Waals surface area contributed by atoms with Crippen LogP contribution < -0.4 is 5.32 Å². The predicted octanol–water partition coefficient (Wildman–Crippen LogP) is 1.77. The molecule has 1 saturated heterocycles. The highest BCUT2D eigenvalue weighted by molar-refractivity contribution is 6.29. The molecule has 2 nitrogen and oxygen atoms in total. The number of halogens is 1. The van der Waals surface area contributed by atoms with Gasteiger partial charge in [-0.3, -0.25) is 0 Å². The van der Waals surface area contributed by atoms with E-state index in [9.17, 15) is 0 Å². The Hall–Kier alpha value is -0.600. The lowest BCUT2D eigenvalue weighted by Crippen LogP contribution is -2.35. The summed E-state index contributed by atoms with van der Waals surface area (Å²) in [4.78, 5) is 4.20. The zero-order valence-electron chi connectivity index (χ0n) is 6.05. The molecule has 11 heavy (non-hydrogen) atoms. The maximum Gasteiger partial charge on any atom is 0.129 e. The number of hydrogen-bond acceptors (Lipinski definition) is 2. The molecule has 1 unspecified atom stereocenters. The second kappa shape index (κ2) is 2.80. The first kappa shape index (κ1) is 7.07. The molecule has 1 aromatic heterocycles. The van der Waals surface area contributed by atoms with Crippen molar-refractivity contribution in [3.8, 4) is 0 Å². The monoisotopic (exact) mass is 168 g/mol. The Kier molecular flexibility index (Phi) is 1.80. The number of hydrogen-bond donors (Lipinski definition) is 1. The van der Waals surface area contributed by atoms with Gasteiger partial charge in [-0.1, -0.05) is 17.7 Å². The van der Waals surface area contributed by atoms with E-state index >= 15 is 0 Å². The van der Waals surface area contributed by atoms with Crippen LogP contribution in [0.4, 0.5) is 0 Å². The van der Waals surface area contributed by atoms with Crippen molar-refractivity contribution < 1.29 is 0 Å². The number of pyridine rings is 1. The van der Waals surface area contributed by atoms with Crippen molar-refractivity contribution in [2.45, 2.75) is 12.5 Å². The number of aromatic nitrogens is 1. The van der Waals surface area contributed by atoms with Crippen LogP contribution in [0.2, 0.25) is 5.15 Å². The number of rotatable bonds is 1. The molecule has 58 valence electrons. The second-order valence-corrected chi connectivity index (χ2v) is 3.07. The van der Waals surface area contributed by atoms with Crippen molar-refractivity contribution in [1.29, 1.82) is 0 Å². The zero-order chi connectivity index (χ0) is 7.68. The van der Waals surface area contributed by atoms with Crippen LogP contribution in [0.5, 0.6) is 0 Å². The van der Waals surface area contributed by atoms with Crippen molar-refractivity contribution in [3.05, 3.63) is 29.0 Å². The lowest BCUT2D eigenvalue weighted by atomic mass is 10.0. The van der Waals surface area contributed by atoms with Crippen LogP contribution in [0.15, 0.2) is 18.2 Å². The fraction of sp³-hybridized carbons (Fsp3) is 0.375. The maximum absolute atomic E-state index is 5.73. The first-order valence-corrected chi connectivity index (χ1v) is 4.10. The molecule has 2 heterocycles. The van der Waals surface area contributed by atoms with Crippen LogP contribution in [0.3, 0.4) is 0 Å². The third-order valence-electron chi connectivity index (χ3n) is 1.92. The molecule has 0 radical (unpaired) electrons. The average molecular weight is 169 g/mol. The van der Waals surface area contributed by atoms with Crippen LogP contribution in [-0.4, -0.2) is 11.5 Å². The standard InChI is InChI=1S/C8H9ClN2/c9-8-3-1-2-7(11-8)6-4-5-10-6/h1-3,6,10H,4-5H2. The second-order valence-electron chi connectivity index (χ2n) is 2.68. The van der Waals surface area contributed by atoms with E-state index in [2.05, 4.69) is 10.3 Å². The van der Waals surface area contributed by atoms with Gasteiger partial charge >= 0.3 is 0 Å². The van der Waals surface area contributed by atoms with Gasteiger partial charge in [-0.25, -0.2) is 4.98 Å². The lowest BCUT2D eigenvalue weighted by molar-refractivity contribution is 0.375. The number of nitrogens with zero attached hydrogens (tertiary/aromatic N) is 1. The molecule has 1 aromatic rings. The molecule has 0 aliphatic carbocycles. The predicted molar refractivity (Wildman–Crippen MR) is 44.6 cm³/mol. The largest absolute Gasteiger partial charge is 0.309 e. The van der Waals surface area contributed by atoms with Crippen LogP contribution in [0.25, 0.3) is 0 Å². The summed E-state index contributed by atoms with van der Waals surface area (Å²) in [5, 5.41) is 3.85. The molecule has 1 atom stereocenters. The fourth-order valence-corrected chi connectivity index (χ4v) is 1.33. The SMILES string of the molecule is Clc1cccc(C2CCN2)n1. The normalized spacial score (nSPS) is 22.8. The Bertz CT molecular complexity index is 258. The van der Waals surface area contributed by atoms with Gasteiger partial charge in [0.25, 0.3) is 0 Å². The van der Waals surface area contributed by atoms with Gasteiger partial charge in [0, 0.05) is 0 Å². The van der Waals surface area contributed by atoms with Crippen LogP contribution >= 0.6 is 11.6 Å². The van der Waals surface area contributed by atoms with Crippen molar-refractivity contribution in [1.82, 2.24) is 10.3 Å². The molecule has 1 fully saturated rings. The summed E-state index contributed by atoms with van der Waals surface area (Å²) in [7, 11) is 0. The molecular weight excluding hydrogens is 160 g/mol. The van der Waals surface area contributed by atoms with E-state index in [4.69, 9.17) is 11.6 Å². The van der Waals surface area contributed by atoms with Crippen LogP contribution in [-0.2, 0) is 0 Å². The lowest BCUT2D eigenvalue weighted by Gasteiger charge is -2.26. The van der Waals surface area contributed by atoms with Gasteiger partial charge in [-0.15, -0.1) is 0 Å². The molecule has 2 rings (SSSR count). The fourth-order valence-electron chi connectivity index (χ4n) is 1.16. The van der Waals surface area contributed by atoms with E-state index in [1.807, 2.05) is 12.1 Å². The van der Waals surface area contributed by atoms with E-state index in [0.29, 0.717) is 11.2 Å². The summed E-state index contributed by atoms with van der Waals surface area (Å²) in [6.45, 7) is 1.10. The highest BCUT2D eigenvalue weighted by Crippen LogP contribution is 2.21. The molecule has 1 aliphatic heterocycles. The van der Waals surface area contributed by atoms with Crippen LogP contribution in [0.1, 0.15) is 18.2 Å². The van der Waals surface area contributed by atoms with Gasteiger partial charge in [0.15, 0.2) is 0 Å². The van der Waals surface area contributed by atoms with E-state index in [0.717, 1.165) is 12.2 Å². The molecule has 1 aliphatic rings. The molecule has 0 bridgehead atoms. The Balaban J connectivity index is 2.23. The quantitative estimate of drug-likeness (QED) is 0.647. The smallest absolute Gasteiger partial charge is 0.129 e. The van der Waals surface area contributed by atoms with E-state index in [1.54, 1.807) is 6.07 Å². The van der Waals surface area contributed by atoms with Gasteiger partial charge in [-0.2, -0.15) is 0 Å². The topological polar surface area (TPSA) is 24.9 Å². The molecular formula is C8H9ClN2. The van der Waals surface area contributed by atoms with Crippen molar-refractivity contribution in [3.63, 3.8) is 0 Å². The first-order chi connectivity index (χ1) is 5.36. The average Bonchev–Trinajstić information content (AvgIpc) is 1.83. The minimum Gasteiger partial charge on any atom is -0.309 e. The van der Waals surface area contributed by atoms with E-state index < -0.39 is 0 Å². The minimum absolute atomic E-state index is 0.439. The van der Waals surface area contributed by atoms with Gasteiger partial charge in [-0.05, 0) is 25.1 Å². The first-order valence-electron chi connectivity index (χ1n) is 3.72. The summed E-state index contributed by atoms with van der Waals surface area (Å²) >= 11 is 5.73. The Labute approximate surface area is 70.6 Å². The highest BCUT2D eigenvalue weighted by atomic mass is 35.5. The molecule has 3 heteroatoms. The molecule has 0 saturated carbocycles. The molecule has 0 amide bonds. The Morgan fingerprint density at radius 3 is 2.91 bits per heavy atom. The van der Waals surface area contributed by atoms with E-state index in [-0.39, 0.29) is 0 Å². The summed E-state index contributed by atoms with van der Waals surface area (Å²) in [6.07, 6.45) is 1.17. The van der Waals surface area contributed by atoms with Gasteiger partial charge in [0.05, 0.1) is 11.7 Å². The van der Waals surface area contributed by atoms with E-state index in [1.165, 1.54) is 6.42 Å². The third kappa shape index (κ3) is 1.37. The van der Waals surface area contributed by atoms with Gasteiger partial charge < -0.3 is 5.32 Å². The van der Waals surface area contributed by atoms with Crippen molar-refractivity contribution in [2.75, 3.05) is 6.54 Å². The maximum atomic E-state index is 5.73. The summed E-state index contributed by atoms with van der Waals surface area (Å²) in [6, 6.07) is 6.17.